The molecule has 0 aliphatic carbocycles. The molecule has 0 saturated carbocycles. The SMILES string of the molecule is C=C/C=C\c1c(C)oc2ccc(-c3ccc(-c4ccc(-c5nc(-c6ccccc6)nc(-c6ccccc6)n5)cc4)cc3)cc2c1=O. The van der Waals surface area contributed by atoms with Gasteiger partial charge in [-0.1, -0.05) is 134 Å². The monoisotopic (exact) mass is 595 g/mol. The third-order valence-electron chi connectivity index (χ3n) is 7.90. The lowest BCUT2D eigenvalue weighted by molar-refractivity contribution is 0.563. The molecule has 2 aromatic heterocycles. The van der Waals surface area contributed by atoms with Crippen LogP contribution < -0.4 is 5.43 Å². The van der Waals surface area contributed by atoms with E-state index in [-0.39, 0.29) is 5.43 Å². The average Bonchev–Trinajstić information content (AvgIpc) is 3.12. The summed E-state index contributed by atoms with van der Waals surface area (Å²) < 4.78 is 5.94. The van der Waals surface area contributed by atoms with Crippen molar-refractivity contribution in [1.29, 1.82) is 0 Å². The van der Waals surface area contributed by atoms with Crippen molar-refractivity contribution in [3.63, 3.8) is 0 Å². The number of aryl methyl sites for hydroxylation is 1. The summed E-state index contributed by atoms with van der Waals surface area (Å²) in [5.74, 6) is 2.47. The maximum absolute atomic E-state index is 13.2. The molecule has 0 amide bonds. The van der Waals surface area contributed by atoms with Crippen LogP contribution in [0.2, 0.25) is 0 Å². The van der Waals surface area contributed by atoms with E-state index in [4.69, 9.17) is 19.4 Å². The zero-order chi connectivity index (χ0) is 31.5. The highest BCUT2D eigenvalue weighted by molar-refractivity contribution is 5.85. The molecular weight excluding hydrogens is 566 g/mol. The van der Waals surface area contributed by atoms with E-state index in [1.165, 1.54) is 0 Å². The van der Waals surface area contributed by atoms with E-state index in [9.17, 15) is 4.79 Å². The molecule has 7 aromatic rings. The van der Waals surface area contributed by atoms with Gasteiger partial charge < -0.3 is 4.42 Å². The first-order valence-corrected chi connectivity index (χ1v) is 15.0. The Kier molecular flexibility index (Phi) is 7.71. The molecule has 5 nitrogen and oxygen atoms in total. The maximum Gasteiger partial charge on any atom is 0.200 e. The standard InChI is InChI=1S/C41H29N3O2/c1-3-4-15-35-27(2)46-37-25-24-34(26-36(37)38(35)45)30-18-16-28(17-19-30)29-20-22-33(23-21-29)41-43-39(31-11-7-5-8-12-31)42-40(44-41)32-13-9-6-10-14-32/h3-26H,1H2,2H3/b15-4-. The molecule has 0 bridgehead atoms. The number of benzene rings is 5. The second kappa shape index (κ2) is 12.4. The lowest BCUT2D eigenvalue weighted by Gasteiger charge is -2.10. The quantitative estimate of drug-likeness (QED) is 0.172. The summed E-state index contributed by atoms with van der Waals surface area (Å²) in [5.41, 5.74) is 7.94. The van der Waals surface area contributed by atoms with Gasteiger partial charge in [-0.15, -0.1) is 0 Å². The van der Waals surface area contributed by atoms with Crippen molar-refractivity contribution in [2.75, 3.05) is 0 Å². The Morgan fingerprint density at radius 1 is 0.565 bits per heavy atom. The molecule has 2 heterocycles. The Morgan fingerprint density at radius 2 is 1.00 bits per heavy atom. The third-order valence-corrected chi connectivity index (χ3v) is 7.90. The van der Waals surface area contributed by atoms with Crippen molar-refractivity contribution in [1.82, 2.24) is 15.0 Å². The van der Waals surface area contributed by atoms with Gasteiger partial charge in [-0.05, 0) is 47.4 Å². The predicted molar refractivity (Wildman–Crippen MR) is 187 cm³/mol. The minimum atomic E-state index is -0.0552. The second-order valence-electron chi connectivity index (χ2n) is 10.9. The van der Waals surface area contributed by atoms with Gasteiger partial charge in [-0.2, -0.15) is 0 Å². The highest BCUT2D eigenvalue weighted by Crippen LogP contribution is 2.30. The van der Waals surface area contributed by atoms with Crippen LogP contribution in [0.3, 0.4) is 0 Å². The molecule has 0 aliphatic heterocycles. The van der Waals surface area contributed by atoms with Gasteiger partial charge in [0.1, 0.15) is 11.3 Å². The number of hydrogen-bond donors (Lipinski definition) is 0. The van der Waals surface area contributed by atoms with Crippen LogP contribution in [0.1, 0.15) is 11.3 Å². The number of fused-ring (bicyclic) bond motifs is 1. The van der Waals surface area contributed by atoms with E-state index in [1.807, 2.05) is 91.0 Å². The summed E-state index contributed by atoms with van der Waals surface area (Å²) in [7, 11) is 0. The fraction of sp³-hybridized carbons (Fsp3) is 0.0244. The summed E-state index contributed by atoms with van der Waals surface area (Å²) >= 11 is 0. The molecule has 0 radical (unpaired) electrons. The number of rotatable bonds is 7. The molecule has 0 atom stereocenters. The van der Waals surface area contributed by atoms with Crippen molar-refractivity contribution < 1.29 is 4.42 Å². The molecule has 46 heavy (non-hydrogen) atoms. The summed E-state index contributed by atoms with van der Waals surface area (Å²) in [6.07, 6.45) is 5.13. The minimum absolute atomic E-state index is 0.0552. The van der Waals surface area contributed by atoms with Crippen molar-refractivity contribution in [3.8, 4) is 56.4 Å². The molecule has 7 rings (SSSR count). The minimum Gasteiger partial charge on any atom is -0.460 e. The third kappa shape index (κ3) is 5.70. The molecule has 0 unspecified atom stereocenters. The molecule has 0 saturated heterocycles. The lowest BCUT2D eigenvalue weighted by atomic mass is 9.98. The van der Waals surface area contributed by atoms with Crippen LogP contribution >= 0.6 is 0 Å². The maximum atomic E-state index is 13.2. The Morgan fingerprint density at radius 3 is 1.50 bits per heavy atom. The van der Waals surface area contributed by atoms with Gasteiger partial charge in [0.2, 0.25) is 0 Å². The fourth-order valence-electron chi connectivity index (χ4n) is 5.46. The lowest BCUT2D eigenvalue weighted by Crippen LogP contribution is -2.07. The van der Waals surface area contributed by atoms with Gasteiger partial charge in [-0.25, -0.2) is 15.0 Å². The van der Waals surface area contributed by atoms with Crippen LogP contribution in [0.25, 0.3) is 73.5 Å². The number of nitrogens with zero attached hydrogens (tertiary/aromatic N) is 3. The van der Waals surface area contributed by atoms with Gasteiger partial charge in [0.25, 0.3) is 0 Å². The van der Waals surface area contributed by atoms with Crippen LogP contribution in [0, 0.1) is 6.92 Å². The summed E-state index contributed by atoms with van der Waals surface area (Å²) in [6.45, 7) is 5.50. The van der Waals surface area contributed by atoms with Crippen molar-refractivity contribution >= 4 is 17.0 Å². The summed E-state index contributed by atoms with van der Waals surface area (Å²) in [5, 5.41) is 0.552. The number of aromatic nitrogens is 3. The van der Waals surface area contributed by atoms with Gasteiger partial charge in [0.05, 0.1) is 10.9 Å². The molecule has 0 aliphatic rings. The van der Waals surface area contributed by atoms with Crippen LogP contribution in [0.15, 0.2) is 155 Å². The molecule has 220 valence electrons. The van der Waals surface area contributed by atoms with Crippen molar-refractivity contribution in [2.45, 2.75) is 6.92 Å². The normalized spacial score (nSPS) is 11.2. The first-order valence-electron chi connectivity index (χ1n) is 15.0. The van der Waals surface area contributed by atoms with Crippen LogP contribution in [-0.4, -0.2) is 15.0 Å². The van der Waals surface area contributed by atoms with Gasteiger partial charge in [0.15, 0.2) is 22.9 Å². The Hall–Kier alpha value is -6.20. The zero-order valence-electron chi connectivity index (χ0n) is 25.2. The Labute approximate surface area is 266 Å². The van der Waals surface area contributed by atoms with Gasteiger partial charge in [-0.3, -0.25) is 4.79 Å². The predicted octanol–water partition coefficient (Wildman–Crippen LogP) is 9.82. The Bertz CT molecular complexity index is 2210. The van der Waals surface area contributed by atoms with E-state index in [0.717, 1.165) is 38.9 Å². The van der Waals surface area contributed by atoms with E-state index in [2.05, 4.69) is 43.0 Å². The summed E-state index contributed by atoms with van der Waals surface area (Å²) in [6, 6.07) is 42.3. The molecule has 0 N–H and O–H groups in total. The largest absolute Gasteiger partial charge is 0.460 e. The second-order valence-corrected chi connectivity index (χ2v) is 10.9. The van der Waals surface area contributed by atoms with E-state index in [1.54, 1.807) is 25.2 Å². The van der Waals surface area contributed by atoms with Crippen molar-refractivity contribution in [2.24, 2.45) is 0 Å². The smallest absolute Gasteiger partial charge is 0.200 e. The molecule has 0 spiro atoms. The van der Waals surface area contributed by atoms with E-state index < -0.39 is 0 Å². The summed E-state index contributed by atoms with van der Waals surface area (Å²) in [4.78, 5) is 27.7. The van der Waals surface area contributed by atoms with E-state index in [0.29, 0.717) is 39.8 Å². The van der Waals surface area contributed by atoms with Gasteiger partial charge >= 0.3 is 0 Å². The van der Waals surface area contributed by atoms with Gasteiger partial charge in [0, 0.05) is 16.7 Å². The van der Waals surface area contributed by atoms with E-state index >= 15 is 0 Å². The molecule has 0 fully saturated rings. The molecule has 5 aromatic carbocycles. The van der Waals surface area contributed by atoms with Crippen LogP contribution in [-0.2, 0) is 0 Å². The first kappa shape index (κ1) is 28.6. The zero-order valence-corrected chi connectivity index (χ0v) is 25.2. The van der Waals surface area contributed by atoms with Crippen LogP contribution in [0.5, 0.6) is 0 Å². The van der Waals surface area contributed by atoms with Crippen molar-refractivity contribution in [3.05, 3.63) is 168 Å². The fourth-order valence-corrected chi connectivity index (χ4v) is 5.46. The molecular formula is C41H29N3O2. The van der Waals surface area contributed by atoms with Crippen LogP contribution in [0.4, 0.5) is 0 Å². The highest BCUT2D eigenvalue weighted by atomic mass is 16.3. The first-order chi connectivity index (χ1) is 22.6. The highest BCUT2D eigenvalue weighted by Gasteiger charge is 2.13. The topological polar surface area (TPSA) is 68.9 Å². The number of hydrogen-bond acceptors (Lipinski definition) is 5. The average molecular weight is 596 g/mol. The Balaban J connectivity index is 1.19. The molecule has 5 heteroatoms. The number of allylic oxidation sites excluding steroid dienone is 2.